The largest absolute Gasteiger partial charge is 0.319 e. The summed E-state index contributed by atoms with van der Waals surface area (Å²) < 4.78 is 0. The minimum Gasteiger partial charge on any atom is -0.319 e. The highest BCUT2D eigenvalue weighted by Crippen LogP contribution is 2.41. The van der Waals surface area contributed by atoms with E-state index in [4.69, 9.17) is 10.7 Å². The van der Waals surface area contributed by atoms with Crippen molar-refractivity contribution in [1.82, 2.24) is 4.98 Å². The Morgan fingerprint density at radius 3 is 2.30 bits per heavy atom. The van der Waals surface area contributed by atoms with Crippen molar-refractivity contribution in [2.45, 2.75) is 51.0 Å². The summed E-state index contributed by atoms with van der Waals surface area (Å²) in [5, 5.41) is 3.23. The molecule has 0 amide bonds. The second kappa shape index (κ2) is 4.68. The summed E-state index contributed by atoms with van der Waals surface area (Å²) >= 11 is 1.70. The van der Waals surface area contributed by atoms with Crippen molar-refractivity contribution in [2.24, 2.45) is 5.73 Å². The second-order valence-electron chi connectivity index (χ2n) is 6.87. The summed E-state index contributed by atoms with van der Waals surface area (Å²) in [6, 6.07) is 8.75. The summed E-state index contributed by atoms with van der Waals surface area (Å²) in [7, 11) is 0. The predicted molar refractivity (Wildman–Crippen MR) is 86.0 cm³/mol. The first-order valence-electron chi connectivity index (χ1n) is 7.24. The van der Waals surface area contributed by atoms with Crippen LogP contribution >= 0.6 is 11.3 Å². The van der Waals surface area contributed by atoms with E-state index < -0.39 is 0 Å². The molecule has 0 spiro atoms. The van der Waals surface area contributed by atoms with Gasteiger partial charge in [0.2, 0.25) is 0 Å². The van der Waals surface area contributed by atoms with Gasteiger partial charge in [-0.3, -0.25) is 0 Å². The molecule has 0 bridgehead atoms. The molecule has 0 radical (unpaired) electrons. The zero-order valence-electron chi connectivity index (χ0n) is 12.4. The molecule has 1 aliphatic rings. The molecular formula is C17H22N2S. The lowest BCUT2D eigenvalue weighted by Gasteiger charge is -2.35. The van der Waals surface area contributed by atoms with Crippen molar-refractivity contribution >= 4 is 11.3 Å². The summed E-state index contributed by atoms with van der Waals surface area (Å²) in [4.78, 5) is 4.76. The second-order valence-corrected chi connectivity index (χ2v) is 7.73. The molecule has 106 valence electrons. The van der Waals surface area contributed by atoms with Crippen LogP contribution in [-0.2, 0) is 11.0 Å². The molecule has 1 aliphatic carbocycles. The van der Waals surface area contributed by atoms with Gasteiger partial charge in [-0.15, -0.1) is 11.3 Å². The van der Waals surface area contributed by atoms with Gasteiger partial charge in [0.1, 0.15) is 5.01 Å². The van der Waals surface area contributed by atoms with Gasteiger partial charge in [0.05, 0.1) is 11.2 Å². The van der Waals surface area contributed by atoms with Crippen molar-refractivity contribution in [3.05, 3.63) is 40.2 Å². The van der Waals surface area contributed by atoms with Crippen LogP contribution in [0.2, 0.25) is 0 Å². The molecule has 0 saturated heterocycles. The molecule has 0 atom stereocenters. The normalized spacial score (nSPS) is 17.8. The number of hydrogen-bond acceptors (Lipinski definition) is 3. The number of aromatic nitrogens is 1. The van der Waals surface area contributed by atoms with Crippen LogP contribution in [0.1, 0.15) is 50.6 Å². The van der Waals surface area contributed by atoms with Gasteiger partial charge in [-0.25, -0.2) is 4.98 Å². The third-order valence-electron chi connectivity index (χ3n) is 4.22. The minimum atomic E-state index is -0.145. The van der Waals surface area contributed by atoms with Crippen LogP contribution in [-0.4, -0.2) is 4.98 Å². The van der Waals surface area contributed by atoms with Crippen molar-refractivity contribution in [3.63, 3.8) is 0 Å². The quantitative estimate of drug-likeness (QED) is 0.886. The first kappa shape index (κ1) is 13.8. The molecule has 1 aromatic carbocycles. The maximum Gasteiger partial charge on any atom is 0.113 e. The Morgan fingerprint density at radius 1 is 1.15 bits per heavy atom. The van der Waals surface area contributed by atoms with Crippen LogP contribution in [0.15, 0.2) is 29.6 Å². The third kappa shape index (κ3) is 2.40. The Balaban J connectivity index is 1.86. The number of rotatable bonds is 2. The van der Waals surface area contributed by atoms with E-state index in [1.807, 2.05) is 0 Å². The smallest absolute Gasteiger partial charge is 0.113 e. The first-order chi connectivity index (χ1) is 9.38. The van der Waals surface area contributed by atoms with E-state index in [1.54, 1.807) is 11.3 Å². The molecule has 20 heavy (non-hydrogen) atoms. The van der Waals surface area contributed by atoms with E-state index in [9.17, 15) is 0 Å². The number of hydrogen-bond donors (Lipinski definition) is 1. The van der Waals surface area contributed by atoms with Crippen LogP contribution < -0.4 is 5.73 Å². The van der Waals surface area contributed by atoms with Gasteiger partial charge in [-0.1, -0.05) is 45.0 Å². The van der Waals surface area contributed by atoms with Crippen molar-refractivity contribution < 1.29 is 0 Å². The SMILES string of the molecule is CC(C)(C)c1ccc(-c2csc(C3(N)CCC3)n2)cc1. The van der Waals surface area contributed by atoms with Crippen molar-refractivity contribution in [2.75, 3.05) is 0 Å². The topological polar surface area (TPSA) is 38.9 Å². The van der Waals surface area contributed by atoms with Crippen LogP contribution in [0.4, 0.5) is 0 Å². The first-order valence-corrected chi connectivity index (χ1v) is 8.12. The summed E-state index contributed by atoms with van der Waals surface area (Å²) in [5.74, 6) is 0. The average molecular weight is 286 g/mol. The van der Waals surface area contributed by atoms with Gasteiger partial charge in [0.25, 0.3) is 0 Å². The van der Waals surface area contributed by atoms with Crippen molar-refractivity contribution in [3.8, 4) is 11.3 Å². The minimum absolute atomic E-state index is 0.145. The Hall–Kier alpha value is -1.19. The molecule has 2 nitrogen and oxygen atoms in total. The van der Waals surface area contributed by atoms with E-state index in [0.29, 0.717) is 0 Å². The molecule has 1 fully saturated rings. The van der Waals surface area contributed by atoms with Gasteiger partial charge >= 0.3 is 0 Å². The highest BCUT2D eigenvalue weighted by molar-refractivity contribution is 7.10. The van der Waals surface area contributed by atoms with E-state index >= 15 is 0 Å². The van der Waals surface area contributed by atoms with Crippen molar-refractivity contribution in [1.29, 1.82) is 0 Å². The zero-order valence-corrected chi connectivity index (χ0v) is 13.3. The fourth-order valence-electron chi connectivity index (χ4n) is 2.55. The van der Waals surface area contributed by atoms with E-state index in [1.165, 1.54) is 17.5 Å². The molecule has 2 aromatic rings. The maximum absolute atomic E-state index is 6.34. The molecule has 0 unspecified atom stereocenters. The molecule has 2 N–H and O–H groups in total. The van der Waals surface area contributed by atoms with E-state index in [0.717, 1.165) is 23.5 Å². The molecule has 3 heteroatoms. The third-order valence-corrected chi connectivity index (χ3v) is 5.28. The highest BCUT2D eigenvalue weighted by atomic mass is 32.1. The molecule has 0 aliphatic heterocycles. The predicted octanol–water partition coefficient (Wildman–Crippen LogP) is 4.45. The molecule has 1 heterocycles. The molecule has 3 rings (SSSR count). The summed E-state index contributed by atoms with van der Waals surface area (Å²) in [6.45, 7) is 6.70. The number of thiazole rings is 1. The van der Waals surface area contributed by atoms with Gasteiger partial charge in [0, 0.05) is 10.9 Å². The Kier molecular flexibility index (Phi) is 3.22. The van der Waals surface area contributed by atoms with Crippen LogP contribution in [0, 0.1) is 0 Å². The summed E-state index contributed by atoms with van der Waals surface area (Å²) in [5.41, 5.74) is 9.99. The maximum atomic E-state index is 6.34. The monoisotopic (exact) mass is 286 g/mol. The molecule has 1 aromatic heterocycles. The lowest BCUT2D eigenvalue weighted by Crippen LogP contribution is -2.43. The molecule has 1 saturated carbocycles. The fourth-order valence-corrected chi connectivity index (χ4v) is 3.55. The summed E-state index contributed by atoms with van der Waals surface area (Å²) in [6.07, 6.45) is 3.37. The Morgan fingerprint density at radius 2 is 1.80 bits per heavy atom. The standard InChI is InChI=1S/C17H22N2S/c1-16(2,3)13-7-5-12(6-8-13)14-11-20-15(19-14)17(18)9-4-10-17/h5-8,11H,4,9-10,18H2,1-3H3. The van der Waals surface area contributed by atoms with Crippen LogP contribution in [0.3, 0.4) is 0 Å². The fraction of sp³-hybridized carbons (Fsp3) is 0.471. The van der Waals surface area contributed by atoms with Gasteiger partial charge in [0.15, 0.2) is 0 Å². The van der Waals surface area contributed by atoms with Gasteiger partial charge in [-0.05, 0) is 30.2 Å². The lowest BCUT2D eigenvalue weighted by atomic mass is 9.78. The average Bonchev–Trinajstić information content (AvgIpc) is 2.85. The highest BCUT2D eigenvalue weighted by Gasteiger charge is 2.37. The van der Waals surface area contributed by atoms with Crippen LogP contribution in [0.25, 0.3) is 11.3 Å². The molecular weight excluding hydrogens is 264 g/mol. The van der Waals surface area contributed by atoms with E-state index in [-0.39, 0.29) is 11.0 Å². The number of nitrogens with zero attached hydrogens (tertiary/aromatic N) is 1. The lowest BCUT2D eigenvalue weighted by molar-refractivity contribution is 0.253. The zero-order chi connectivity index (χ0) is 14.4. The van der Waals surface area contributed by atoms with E-state index in [2.05, 4.69) is 50.4 Å². The van der Waals surface area contributed by atoms with Gasteiger partial charge < -0.3 is 5.73 Å². The number of benzene rings is 1. The van der Waals surface area contributed by atoms with Crippen LogP contribution in [0.5, 0.6) is 0 Å². The Bertz CT molecular complexity index is 601. The van der Waals surface area contributed by atoms with Gasteiger partial charge in [-0.2, -0.15) is 0 Å². The number of nitrogens with two attached hydrogens (primary N) is 1. The Labute approximate surface area is 125 Å².